The first kappa shape index (κ1) is 9.39. The van der Waals surface area contributed by atoms with Crippen LogP contribution in [0.2, 0.25) is 0 Å². The summed E-state index contributed by atoms with van der Waals surface area (Å²) in [6, 6.07) is 7.08. The van der Waals surface area contributed by atoms with Gasteiger partial charge in [0, 0.05) is 11.6 Å². The van der Waals surface area contributed by atoms with Crippen molar-refractivity contribution < 1.29 is 4.39 Å². The lowest BCUT2D eigenvalue weighted by Gasteiger charge is -2.00. The van der Waals surface area contributed by atoms with Crippen LogP contribution in [0.25, 0.3) is 11.3 Å². The number of nitrogens with one attached hydrogen (secondary N) is 1. The number of halogens is 1. The van der Waals surface area contributed by atoms with Gasteiger partial charge in [0.15, 0.2) is 0 Å². The van der Waals surface area contributed by atoms with Gasteiger partial charge in [-0.1, -0.05) is 12.1 Å². The van der Waals surface area contributed by atoms with E-state index in [1.54, 1.807) is 12.1 Å². The molecule has 1 aromatic heterocycles. The summed E-state index contributed by atoms with van der Waals surface area (Å²) in [5, 5.41) is 0. The largest absolute Gasteiger partial charge is 0.369 e. The Morgan fingerprint density at radius 3 is 2.80 bits per heavy atom. The molecule has 0 fully saturated rings. The molecule has 15 heavy (non-hydrogen) atoms. The summed E-state index contributed by atoms with van der Waals surface area (Å²) >= 11 is 0. The first-order chi connectivity index (χ1) is 7.15. The van der Waals surface area contributed by atoms with Gasteiger partial charge < -0.3 is 5.73 Å². The Morgan fingerprint density at radius 2 is 2.13 bits per heavy atom. The van der Waals surface area contributed by atoms with Crippen molar-refractivity contribution in [1.82, 2.24) is 9.97 Å². The predicted molar refractivity (Wildman–Crippen MR) is 54.7 cm³/mol. The van der Waals surface area contributed by atoms with E-state index in [0.717, 1.165) is 0 Å². The maximum atomic E-state index is 12.9. The van der Waals surface area contributed by atoms with E-state index in [0.29, 0.717) is 11.3 Å². The van der Waals surface area contributed by atoms with Gasteiger partial charge in [0.25, 0.3) is 5.56 Å². The van der Waals surface area contributed by atoms with Crippen molar-refractivity contribution >= 4 is 5.95 Å². The number of nitrogens with zero attached hydrogens (tertiary/aromatic N) is 1. The number of H-pyrrole nitrogens is 1. The van der Waals surface area contributed by atoms with Crippen molar-refractivity contribution in [1.29, 1.82) is 0 Å². The molecule has 3 N–H and O–H groups in total. The number of anilines is 1. The number of hydrogen-bond acceptors (Lipinski definition) is 3. The molecule has 0 spiro atoms. The van der Waals surface area contributed by atoms with Crippen LogP contribution in [0.5, 0.6) is 0 Å². The molecule has 2 aromatic rings. The topological polar surface area (TPSA) is 71.8 Å². The zero-order valence-electron chi connectivity index (χ0n) is 7.70. The van der Waals surface area contributed by atoms with E-state index in [9.17, 15) is 9.18 Å². The maximum absolute atomic E-state index is 12.9. The molecule has 0 aliphatic rings. The van der Waals surface area contributed by atoms with Crippen molar-refractivity contribution in [3.05, 3.63) is 46.5 Å². The highest BCUT2D eigenvalue weighted by Crippen LogP contribution is 2.16. The number of benzene rings is 1. The molecule has 2 rings (SSSR count). The summed E-state index contributed by atoms with van der Waals surface area (Å²) in [6.07, 6.45) is 0. The number of hydrogen-bond donors (Lipinski definition) is 2. The molecule has 1 heterocycles. The molecule has 0 unspecified atom stereocenters. The van der Waals surface area contributed by atoms with E-state index in [-0.39, 0.29) is 17.3 Å². The molecule has 0 aliphatic carbocycles. The van der Waals surface area contributed by atoms with Gasteiger partial charge in [-0.2, -0.15) is 0 Å². The Balaban J connectivity index is 2.59. The molecule has 0 amide bonds. The molecule has 0 saturated carbocycles. The van der Waals surface area contributed by atoms with Crippen molar-refractivity contribution in [2.75, 3.05) is 5.73 Å². The molecule has 0 bridgehead atoms. The van der Waals surface area contributed by atoms with E-state index in [4.69, 9.17) is 5.73 Å². The van der Waals surface area contributed by atoms with Crippen molar-refractivity contribution in [3.63, 3.8) is 0 Å². The first-order valence-electron chi connectivity index (χ1n) is 4.28. The van der Waals surface area contributed by atoms with Gasteiger partial charge in [-0.25, -0.2) is 9.37 Å². The zero-order valence-corrected chi connectivity index (χ0v) is 7.70. The van der Waals surface area contributed by atoms with Crippen LogP contribution in [0, 0.1) is 5.82 Å². The number of rotatable bonds is 1. The lowest BCUT2D eigenvalue weighted by Crippen LogP contribution is -2.10. The summed E-state index contributed by atoms with van der Waals surface area (Å²) in [4.78, 5) is 17.3. The minimum absolute atomic E-state index is 0.0155. The van der Waals surface area contributed by atoms with Crippen LogP contribution in [0.3, 0.4) is 0 Å². The summed E-state index contributed by atoms with van der Waals surface area (Å²) < 4.78 is 12.9. The van der Waals surface area contributed by atoms with Crippen LogP contribution in [0.15, 0.2) is 35.1 Å². The molecule has 4 nitrogen and oxygen atoms in total. The van der Waals surface area contributed by atoms with Gasteiger partial charge in [-0.3, -0.25) is 9.78 Å². The van der Waals surface area contributed by atoms with Gasteiger partial charge >= 0.3 is 0 Å². The molecule has 0 radical (unpaired) electrons. The maximum Gasteiger partial charge on any atom is 0.252 e. The monoisotopic (exact) mass is 205 g/mol. The minimum Gasteiger partial charge on any atom is -0.369 e. The van der Waals surface area contributed by atoms with Crippen molar-refractivity contribution in [2.45, 2.75) is 0 Å². The fourth-order valence-corrected chi connectivity index (χ4v) is 1.27. The highest BCUT2D eigenvalue weighted by atomic mass is 19.1. The normalized spacial score (nSPS) is 10.2. The Labute approximate surface area is 84.6 Å². The van der Waals surface area contributed by atoms with Gasteiger partial charge in [-0.15, -0.1) is 0 Å². The minimum atomic E-state index is -0.381. The Hall–Kier alpha value is -2.17. The fourth-order valence-electron chi connectivity index (χ4n) is 1.27. The molecule has 76 valence electrons. The van der Waals surface area contributed by atoms with Crippen LogP contribution in [0.1, 0.15) is 0 Å². The second-order valence-corrected chi connectivity index (χ2v) is 3.03. The average Bonchev–Trinajstić information content (AvgIpc) is 2.16. The lowest BCUT2D eigenvalue weighted by molar-refractivity contribution is 0.628. The van der Waals surface area contributed by atoms with E-state index in [2.05, 4.69) is 9.97 Å². The number of aromatic amines is 1. The van der Waals surface area contributed by atoms with Crippen LogP contribution >= 0.6 is 0 Å². The third-order valence-corrected chi connectivity index (χ3v) is 1.88. The van der Waals surface area contributed by atoms with Crippen LogP contribution in [0.4, 0.5) is 10.3 Å². The molecule has 0 atom stereocenters. The van der Waals surface area contributed by atoms with E-state index in [1.165, 1.54) is 18.2 Å². The van der Waals surface area contributed by atoms with Crippen LogP contribution < -0.4 is 11.3 Å². The number of aromatic nitrogens is 2. The second-order valence-electron chi connectivity index (χ2n) is 3.03. The molecule has 0 saturated heterocycles. The van der Waals surface area contributed by atoms with Crippen molar-refractivity contribution in [3.8, 4) is 11.3 Å². The smallest absolute Gasteiger partial charge is 0.252 e. The third kappa shape index (κ3) is 2.01. The Kier molecular flexibility index (Phi) is 2.21. The van der Waals surface area contributed by atoms with Gasteiger partial charge in [0.2, 0.25) is 5.95 Å². The molecule has 5 heteroatoms. The summed E-state index contributed by atoms with van der Waals surface area (Å²) in [5.74, 6) is -0.366. The standard InChI is InChI=1S/C10H8FN3O/c11-7-3-1-2-6(4-7)8-5-9(15)14-10(12)13-8/h1-5H,(H3,12,13,14,15). The van der Waals surface area contributed by atoms with E-state index >= 15 is 0 Å². The Bertz CT molecular complexity index is 550. The van der Waals surface area contributed by atoms with Crippen molar-refractivity contribution in [2.24, 2.45) is 0 Å². The fraction of sp³-hybridized carbons (Fsp3) is 0. The second kappa shape index (κ2) is 3.53. The van der Waals surface area contributed by atoms with E-state index < -0.39 is 0 Å². The van der Waals surface area contributed by atoms with Gasteiger partial charge in [0.1, 0.15) is 5.82 Å². The zero-order chi connectivity index (χ0) is 10.8. The van der Waals surface area contributed by atoms with Crippen LogP contribution in [-0.4, -0.2) is 9.97 Å². The molecule has 0 aliphatic heterocycles. The first-order valence-corrected chi connectivity index (χ1v) is 4.28. The quantitative estimate of drug-likeness (QED) is 0.733. The highest BCUT2D eigenvalue weighted by molar-refractivity contribution is 5.59. The number of nitrogen functional groups attached to an aromatic ring is 1. The van der Waals surface area contributed by atoms with E-state index in [1.807, 2.05) is 0 Å². The average molecular weight is 205 g/mol. The lowest BCUT2D eigenvalue weighted by atomic mass is 10.1. The molecular formula is C10H8FN3O. The Morgan fingerprint density at radius 1 is 1.33 bits per heavy atom. The highest BCUT2D eigenvalue weighted by Gasteiger charge is 2.02. The summed E-state index contributed by atoms with van der Waals surface area (Å²) in [7, 11) is 0. The molecule has 1 aromatic carbocycles. The SMILES string of the molecule is Nc1nc(-c2cccc(F)c2)cc(=O)[nH]1. The van der Waals surface area contributed by atoms with Crippen LogP contribution in [-0.2, 0) is 0 Å². The van der Waals surface area contributed by atoms with Gasteiger partial charge in [-0.05, 0) is 12.1 Å². The summed E-state index contributed by atoms with van der Waals surface area (Å²) in [6.45, 7) is 0. The van der Waals surface area contributed by atoms with Gasteiger partial charge in [0.05, 0.1) is 5.69 Å². The summed E-state index contributed by atoms with van der Waals surface area (Å²) in [5.41, 5.74) is 5.89. The third-order valence-electron chi connectivity index (χ3n) is 1.88. The number of nitrogens with two attached hydrogens (primary N) is 1. The molecular weight excluding hydrogens is 197 g/mol. The predicted octanol–water partition coefficient (Wildman–Crippen LogP) is 1.16.